The van der Waals surface area contributed by atoms with Crippen molar-refractivity contribution in [3.05, 3.63) is 18.0 Å². The van der Waals surface area contributed by atoms with Crippen molar-refractivity contribution < 1.29 is 0 Å². The molecule has 0 radical (unpaired) electrons. The minimum atomic E-state index is 0.600. The second-order valence-electron chi connectivity index (χ2n) is 6.58. The molecule has 0 spiro atoms. The van der Waals surface area contributed by atoms with Crippen molar-refractivity contribution in [3.63, 3.8) is 0 Å². The molecular weight excluding hydrogens is 258 g/mol. The molecule has 1 aliphatic rings. The quantitative estimate of drug-likeness (QED) is 0.644. The van der Waals surface area contributed by atoms with Crippen molar-refractivity contribution in [3.8, 4) is 0 Å². The first-order valence-corrected chi connectivity index (χ1v) is 9.11. The highest BCUT2D eigenvalue weighted by atomic mass is 15.3. The second-order valence-corrected chi connectivity index (χ2v) is 6.58. The summed E-state index contributed by atoms with van der Waals surface area (Å²) in [5.74, 6) is 0. The first-order valence-electron chi connectivity index (χ1n) is 9.11. The zero-order chi connectivity index (χ0) is 14.9. The monoisotopic (exact) mass is 291 g/mol. The first-order chi connectivity index (χ1) is 10.3. The SMILES string of the molecule is CCCCCC(Cc1ccn(C2CCCC2)n1)NCCC. The average Bonchev–Trinajstić information content (AvgIpc) is 3.15. The summed E-state index contributed by atoms with van der Waals surface area (Å²) in [6.45, 7) is 5.64. The van der Waals surface area contributed by atoms with Gasteiger partial charge in [-0.15, -0.1) is 0 Å². The third-order valence-corrected chi connectivity index (χ3v) is 4.66. The minimum absolute atomic E-state index is 0.600. The van der Waals surface area contributed by atoms with E-state index in [9.17, 15) is 0 Å². The van der Waals surface area contributed by atoms with Crippen molar-refractivity contribution in [2.24, 2.45) is 0 Å². The van der Waals surface area contributed by atoms with Crippen LogP contribution in [0, 0.1) is 0 Å². The van der Waals surface area contributed by atoms with Crippen molar-refractivity contribution >= 4 is 0 Å². The number of nitrogens with zero attached hydrogens (tertiary/aromatic N) is 2. The van der Waals surface area contributed by atoms with E-state index in [1.165, 1.54) is 63.5 Å². The van der Waals surface area contributed by atoms with Gasteiger partial charge in [-0.2, -0.15) is 5.10 Å². The fourth-order valence-corrected chi connectivity index (χ4v) is 3.38. The third kappa shape index (κ3) is 5.46. The van der Waals surface area contributed by atoms with Crippen LogP contribution < -0.4 is 5.32 Å². The van der Waals surface area contributed by atoms with Crippen LogP contribution in [0.5, 0.6) is 0 Å². The summed E-state index contributed by atoms with van der Waals surface area (Å²) in [6.07, 6.45) is 15.1. The number of rotatable bonds is 10. The van der Waals surface area contributed by atoms with Gasteiger partial charge in [-0.1, -0.05) is 46.0 Å². The van der Waals surface area contributed by atoms with Gasteiger partial charge in [0.25, 0.3) is 0 Å². The summed E-state index contributed by atoms with van der Waals surface area (Å²) < 4.78 is 2.23. The molecule has 1 unspecified atom stereocenters. The van der Waals surface area contributed by atoms with Gasteiger partial charge in [0, 0.05) is 18.7 Å². The Hall–Kier alpha value is -0.830. The van der Waals surface area contributed by atoms with Crippen molar-refractivity contribution in [2.75, 3.05) is 6.54 Å². The molecule has 0 saturated heterocycles. The summed E-state index contributed by atoms with van der Waals surface area (Å²) in [6, 6.07) is 3.50. The molecule has 0 aromatic carbocycles. The van der Waals surface area contributed by atoms with Gasteiger partial charge in [-0.25, -0.2) is 0 Å². The van der Waals surface area contributed by atoms with E-state index in [1.807, 2.05) is 0 Å². The highest BCUT2D eigenvalue weighted by Crippen LogP contribution is 2.28. The minimum Gasteiger partial charge on any atom is -0.314 e. The van der Waals surface area contributed by atoms with Gasteiger partial charge in [0.05, 0.1) is 11.7 Å². The Balaban J connectivity index is 1.85. The molecule has 1 aromatic heterocycles. The summed E-state index contributed by atoms with van der Waals surface area (Å²) >= 11 is 0. The van der Waals surface area contributed by atoms with Gasteiger partial charge in [-0.05, 0) is 38.3 Å². The molecule has 1 heterocycles. The Bertz CT molecular complexity index is 380. The maximum absolute atomic E-state index is 4.85. The normalized spacial score (nSPS) is 17.4. The van der Waals surface area contributed by atoms with Gasteiger partial charge >= 0.3 is 0 Å². The van der Waals surface area contributed by atoms with Crippen molar-refractivity contribution in [2.45, 2.75) is 90.1 Å². The second kappa shape index (κ2) is 9.24. The topological polar surface area (TPSA) is 29.9 Å². The third-order valence-electron chi connectivity index (χ3n) is 4.66. The molecule has 0 bridgehead atoms. The lowest BCUT2D eigenvalue weighted by Crippen LogP contribution is -2.32. The molecule has 1 aromatic rings. The number of unbranched alkanes of at least 4 members (excludes halogenated alkanes) is 2. The summed E-state index contributed by atoms with van der Waals surface area (Å²) in [4.78, 5) is 0. The summed E-state index contributed by atoms with van der Waals surface area (Å²) in [5, 5.41) is 8.55. The highest BCUT2D eigenvalue weighted by Gasteiger charge is 2.18. The van der Waals surface area contributed by atoms with Crippen LogP contribution in [0.15, 0.2) is 12.3 Å². The molecule has 3 heteroatoms. The van der Waals surface area contributed by atoms with Crippen LogP contribution in [-0.2, 0) is 6.42 Å². The van der Waals surface area contributed by atoms with Crippen molar-refractivity contribution in [1.29, 1.82) is 0 Å². The van der Waals surface area contributed by atoms with Gasteiger partial charge in [0.1, 0.15) is 0 Å². The summed E-state index contributed by atoms with van der Waals surface area (Å²) in [7, 11) is 0. The van der Waals surface area contributed by atoms with E-state index in [1.54, 1.807) is 0 Å². The Morgan fingerprint density at radius 1 is 1.24 bits per heavy atom. The highest BCUT2D eigenvalue weighted by molar-refractivity contribution is 5.02. The predicted octanol–water partition coefficient (Wildman–Crippen LogP) is 4.49. The van der Waals surface area contributed by atoms with Crippen molar-refractivity contribution in [1.82, 2.24) is 15.1 Å². The lowest BCUT2D eigenvalue weighted by Gasteiger charge is -2.17. The maximum Gasteiger partial charge on any atom is 0.0640 e. The van der Waals surface area contributed by atoms with Crippen LogP contribution in [0.25, 0.3) is 0 Å². The van der Waals surface area contributed by atoms with Crippen LogP contribution in [0.2, 0.25) is 0 Å². The number of nitrogens with one attached hydrogen (secondary N) is 1. The van der Waals surface area contributed by atoms with Crippen LogP contribution in [0.1, 0.15) is 83.4 Å². The Morgan fingerprint density at radius 3 is 2.76 bits per heavy atom. The zero-order valence-electron chi connectivity index (χ0n) is 14.0. The van der Waals surface area contributed by atoms with Crippen LogP contribution in [-0.4, -0.2) is 22.4 Å². The number of aromatic nitrogens is 2. The van der Waals surface area contributed by atoms with Gasteiger partial charge in [0.2, 0.25) is 0 Å². The molecule has 21 heavy (non-hydrogen) atoms. The molecule has 120 valence electrons. The van der Waals surface area contributed by atoms with E-state index in [0.29, 0.717) is 12.1 Å². The Labute approximate surface area is 130 Å². The molecule has 0 aliphatic heterocycles. The molecule has 1 aliphatic carbocycles. The summed E-state index contributed by atoms with van der Waals surface area (Å²) in [5.41, 5.74) is 1.27. The lowest BCUT2D eigenvalue weighted by molar-refractivity contribution is 0.437. The molecule has 1 saturated carbocycles. The van der Waals surface area contributed by atoms with E-state index in [4.69, 9.17) is 5.10 Å². The van der Waals surface area contributed by atoms with Crippen LogP contribution >= 0.6 is 0 Å². The van der Waals surface area contributed by atoms with Crippen LogP contribution in [0.3, 0.4) is 0 Å². The lowest BCUT2D eigenvalue weighted by atomic mass is 10.0. The van der Waals surface area contributed by atoms with Gasteiger partial charge < -0.3 is 5.32 Å². The average molecular weight is 291 g/mol. The van der Waals surface area contributed by atoms with E-state index >= 15 is 0 Å². The van der Waals surface area contributed by atoms with E-state index in [0.717, 1.165) is 13.0 Å². The maximum atomic E-state index is 4.85. The fourth-order valence-electron chi connectivity index (χ4n) is 3.38. The standard InChI is InChI=1S/C18H33N3/c1-3-5-6-9-16(19-13-4-2)15-17-12-14-21(20-17)18-10-7-8-11-18/h12,14,16,18-19H,3-11,13,15H2,1-2H3. The molecule has 3 nitrogen and oxygen atoms in total. The molecule has 1 atom stereocenters. The van der Waals surface area contributed by atoms with Gasteiger partial charge in [-0.3, -0.25) is 4.68 Å². The van der Waals surface area contributed by atoms with Crippen LogP contribution in [0.4, 0.5) is 0 Å². The predicted molar refractivity (Wildman–Crippen MR) is 89.7 cm³/mol. The Kier molecular flexibility index (Phi) is 7.28. The first kappa shape index (κ1) is 16.5. The fraction of sp³-hybridized carbons (Fsp3) is 0.833. The molecule has 1 fully saturated rings. The number of hydrogen-bond acceptors (Lipinski definition) is 2. The zero-order valence-corrected chi connectivity index (χ0v) is 14.0. The molecule has 2 rings (SSSR count). The molecular formula is C18H33N3. The molecule has 0 amide bonds. The molecule has 1 N–H and O–H groups in total. The van der Waals surface area contributed by atoms with E-state index in [-0.39, 0.29) is 0 Å². The van der Waals surface area contributed by atoms with E-state index < -0.39 is 0 Å². The van der Waals surface area contributed by atoms with Gasteiger partial charge in [0.15, 0.2) is 0 Å². The number of hydrogen-bond donors (Lipinski definition) is 1. The smallest absolute Gasteiger partial charge is 0.0640 e. The van der Waals surface area contributed by atoms with E-state index in [2.05, 4.69) is 36.1 Å². The largest absolute Gasteiger partial charge is 0.314 e. The Morgan fingerprint density at radius 2 is 2.05 bits per heavy atom.